The van der Waals surface area contributed by atoms with Crippen molar-refractivity contribution in [1.82, 2.24) is 4.98 Å². The number of nitrogens with zero attached hydrogens (tertiary/aromatic N) is 2. The van der Waals surface area contributed by atoms with Gasteiger partial charge in [0.15, 0.2) is 5.69 Å². The molecule has 0 aliphatic rings. The summed E-state index contributed by atoms with van der Waals surface area (Å²) in [6.07, 6.45) is 1.36. The molecule has 0 spiro atoms. The zero-order valence-corrected chi connectivity index (χ0v) is 9.39. The predicted octanol–water partition coefficient (Wildman–Crippen LogP) is 3.93. The molecule has 0 atom stereocenters. The summed E-state index contributed by atoms with van der Waals surface area (Å²) in [5.74, 6) is 0. The molecule has 0 amide bonds. The Morgan fingerprint density at radius 2 is 2.12 bits per heavy atom. The molecule has 0 aliphatic heterocycles. The Bertz CT molecular complexity index is 711. The quantitative estimate of drug-likeness (QED) is 0.771. The highest BCUT2D eigenvalue weighted by molar-refractivity contribution is 6.32. The first kappa shape index (κ1) is 7.67. The van der Waals surface area contributed by atoms with Crippen LogP contribution in [0.2, 0.25) is 10.0 Å². The lowest BCUT2D eigenvalue weighted by Gasteiger charge is -2.02. The van der Waals surface area contributed by atoms with Crippen molar-refractivity contribution >= 4 is 23.2 Å². The van der Waals surface area contributed by atoms with Gasteiger partial charge in [-0.25, -0.2) is 4.98 Å². The summed E-state index contributed by atoms with van der Waals surface area (Å²) in [5.41, 5.74) is 0.729. The van der Waals surface area contributed by atoms with Crippen LogP contribution >= 0.6 is 23.2 Å². The van der Waals surface area contributed by atoms with E-state index in [9.17, 15) is 0 Å². The van der Waals surface area contributed by atoms with Crippen molar-refractivity contribution in [1.29, 1.82) is 5.26 Å². The monoisotopic (exact) mass is 251 g/mol. The molecule has 4 heteroatoms. The topological polar surface area (TPSA) is 36.7 Å². The van der Waals surface area contributed by atoms with Gasteiger partial charge in [-0.3, -0.25) is 0 Å². The van der Waals surface area contributed by atoms with Crippen molar-refractivity contribution in [2.75, 3.05) is 0 Å². The maximum atomic E-state index is 8.75. The van der Waals surface area contributed by atoms with Crippen molar-refractivity contribution in [2.24, 2.45) is 0 Å². The summed E-state index contributed by atoms with van der Waals surface area (Å²) in [4.78, 5) is 3.86. The molecule has 1 heterocycles. The molecule has 16 heavy (non-hydrogen) atoms. The number of benzene rings is 1. The van der Waals surface area contributed by atoms with E-state index < -0.39 is 0 Å². The summed E-state index contributed by atoms with van der Waals surface area (Å²) in [6, 6.07) is 4.33. The number of pyridine rings is 1. The van der Waals surface area contributed by atoms with Gasteiger partial charge in [-0.2, -0.15) is 5.26 Å². The summed E-state index contributed by atoms with van der Waals surface area (Å²) >= 11 is 11.7. The maximum Gasteiger partial charge on any atom is 0.159 e. The van der Waals surface area contributed by atoms with Crippen LogP contribution in [0.3, 0.4) is 0 Å². The van der Waals surface area contributed by atoms with Gasteiger partial charge in [-0.15, -0.1) is 0 Å². The lowest BCUT2D eigenvalue weighted by atomic mass is 10.1. The highest BCUT2D eigenvalue weighted by atomic mass is 35.5. The zero-order valence-electron chi connectivity index (χ0n) is 10.9. The van der Waals surface area contributed by atoms with Crippen LogP contribution in [-0.4, -0.2) is 4.98 Å². The Hall–Kier alpha value is -1.56. The molecule has 1 aromatic heterocycles. The first-order chi connectivity index (χ1) is 8.95. The van der Waals surface area contributed by atoms with Crippen LogP contribution in [-0.2, 0) is 0 Å². The molecule has 1 aromatic carbocycles. The third-order valence-electron chi connectivity index (χ3n) is 1.89. The second kappa shape index (κ2) is 4.52. The summed E-state index contributed by atoms with van der Waals surface area (Å²) in [7, 11) is 0. The standard InChI is InChI=1S/C12H6Cl2N2/c13-10-3-1-2-8(4-10)9-5-11(14)12(6-15)16-7-9/h1-5,7H/i2D,3D,4D. The van der Waals surface area contributed by atoms with Crippen molar-refractivity contribution < 1.29 is 4.11 Å². The van der Waals surface area contributed by atoms with Crippen molar-refractivity contribution in [3.63, 3.8) is 0 Å². The highest BCUT2D eigenvalue weighted by Gasteiger charge is 2.04. The average molecular weight is 252 g/mol. The van der Waals surface area contributed by atoms with Gasteiger partial charge < -0.3 is 0 Å². The molecular weight excluding hydrogens is 243 g/mol. The second-order valence-corrected chi connectivity index (χ2v) is 3.70. The van der Waals surface area contributed by atoms with Crippen LogP contribution in [0.15, 0.2) is 36.5 Å². The normalized spacial score (nSPS) is 12.4. The van der Waals surface area contributed by atoms with Crippen LogP contribution in [0.4, 0.5) is 0 Å². The van der Waals surface area contributed by atoms with Gasteiger partial charge in [0.25, 0.3) is 0 Å². The molecule has 2 rings (SSSR count). The third kappa shape index (κ3) is 2.16. The number of hydrogen-bond donors (Lipinski definition) is 0. The first-order valence-corrected chi connectivity index (χ1v) is 5.03. The first-order valence-electron chi connectivity index (χ1n) is 5.78. The molecule has 0 bridgehead atoms. The molecule has 0 saturated carbocycles. The Morgan fingerprint density at radius 1 is 1.31 bits per heavy atom. The van der Waals surface area contributed by atoms with Crippen LogP contribution < -0.4 is 0 Å². The van der Waals surface area contributed by atoms with Gasteiger partial charge >= 0.3 is 0 Å². The van der Waals surface area contributed by atoms with Gasteiger partial charge in [-0.1, -0.05) is 35.3 Å². The molecule has 78 valence electrons. The lowest BCUT2D eigenvalue weighted by molar-refractivity contribution is 1.26. The fraction of sp³-hybridized carbons (Fsp3) is 0. The van der Waals surface area contributed by atoms with E-state index >= 15 is 0 Å². The summed E-state index contributed by atoms with van der Waals surface area (Å²) in [5, 5.41) is 8.86. The summed E-state index contributed by atoms with van der Waals surface area (Å²) in [6.45, 7) is 0. The van der Waals surface area contributed by atoms with Crippen LogP contribution in [0.5, 0.6) is 0 Å². The van der Waals surface area contributed by atoms with Crippen molar-refractivity contribution in [3.05, 3.63) is 52.2 Å². The van der Waals surface area contributed by atoms with Crippen molar-refractivity contribution in [3.8, 4) is 17.2 Å². The molecule has 0 saturated heterocycles. The fourth-order valence-electron chi connectivity index (χ4n) is 1.17. The van der Waals surface area contributed by atoms with Gasteiger partial charge in [0.05, 0.1) is 9.13 Å². The van der Waals surface area contributed by atoms with Crippen LogP contribution in [0, 0.1) is 11.3 Å². The fourth-order valence-corrected chi connectivity index (χ4v) is 1.52. The molecule has 0 unspecified atom stereocenters. The predicted molar refractivity (Wildman–Crippen MR) is 64.4 cm³/mol. The Balaban J connectivity index is 2.70. The van der Waals surface area contributed by atoms with E-state index in [0.717, 1.165) is 0 Å². The van der Waals surface area contributed by atoms with Gasteiger partial charge in [-0.05, 0) is 23.7 Å². The van der Waals surface area contributed by atoms with Gasteiger partial charge in [0.2, 0.25) is 0 Å². The van der Waals surface area contributed by atoms with E-state index in [2.05, 4.69) is 4.98 Å². The molecule has 2 aromatic rings. The van der Waals surface area contributed by atoms with E-state index in [4.69, 9.17) is 32.6 Å². The van der Waals surface area contributed by atoms with Crippen molar-refractivity contribution in [2.45, 2.75) is 0 Å². The Morgan fingerprint density at radius 3 is 2.81 bits per heavy atom. The SMILES string of the molecule is [2H]c1cc([2H])c(-c2cnc(C#N)c(Cl)c2)c([2H])c1Cl. The second-order valence-electron chi connectivity index (χ2n) is 2.91. The zero-order chi connectivity index (χ0) is 14.2. The van der Waals surface area contributed by atoms with E-state index in [1.54, 1.807) is 0 Å². The van der Waals surface area contributed by atoms with E-state index in [0.29, 0.717) is 5.56 Å². The average Bonchev–Trinajstić information content (AvgIpc) is 2.36. The third-order valence-corrected chi connectivity index (χ3v) is 2.38. The van der Waals surface area contributed by atoms with E-state index in [-0.39, 0.29) is 39.4 Å². The number of aromatic nitrogens is 1. The van der Waals surface area contributed by atoms with E-state index in [1.165, 1.54) is 18.3 Å². The minimum Gasteiger partial charge on any atom is -0.243 e. The molecule has 0 N–H and O–H groups in total. The Labute approximate surface area is 107 Å². The minimum absolute atomic E-state index is 0.0121. The summed E-state index contributed by atoms with van der Waals surface area (Å²) < 4.78 is 23.2. The number of nitriles is 1. The number of rotatable bonds is 1. The highest BCUT2D eigenvalue weighted by Crippen LogP contribution is 2.25. The smallest absolute Gasteiger partial charge is 0.159 e. The molecule has 0 fully saturated rings. The molecule has 2 nitrogen and oxygen atoms in total. The van der Waals surface area contributed by atoms with Crippen LogP contribution in [0.25, 0.3) is 11.1 Å². The Kier molecular flexibility index (Phi) is 2.17. The molecule has 0 aliphatic carbocycles. The molecular formula is C12H6Cl2N2. The lowest BCUT2D eigenvalue weighted by Crippen LogP contribution is -1.86. The van der Waals surface area contributed by atoms with E-state index in [1.807, 2.05) is 6.07 Å². The van der Waals surface area contributed by atoms with Gasteiger partial charge in [0, 0.05) is 16.8 Å². The number of halogens is 2. The molecule has 0 radical (unpaired) electrons. The minimum atomic E-state index is -0.123. The van der Waals surface area contributed by atoms with Gasteiger partial charge in [0.1, 0.15) is 6.07 Å². The van der Waals surface area contributed by atoms with Crippen LogP contribution in [0.1, 0.15) is 9.81 Å². The number of hydrogen-bond acceptors (Lipinski definition) is 2. The maximum absolute atomic E-state index is 8.75. The largest absolute Gasteiger partial charge is 0.243 e.